The molecular formula is C43H76O2. The fourth-order valence-electron chi connectivity index (χ4n) is 11.3. The molecule has 0 aromatic carbocycles. The highest BCUT2D eigenvalue weighted by Gasteiger charge is 2.59. The first-order valence-corrected chi connectivity index (χ1v) is 20.6. The van der Waals surface area contributed by atoms with Gasteiger partial charge in [-0.05, 0) is 97.7 Å². The summed E-state index contributed by atoms with van der Waals surface area (Å²) in [6.45, 7) is 14.9. The normalized spacial score (nSPS) is 33.3. The predicted molar refractivity (Wildman–Crippen MR) is 193 cm³/mol. The van der Waals surface area contributed by atoms with Crippen LogP contribution in [-0.2, 0) is 9.53 Å². The van der Waals surface area contributed by atoms with Crippen molar-refractivity contribution in [1.82, 2.24) is 0 Å². The minimum atomic E-state index is 0.0638. The number of unbranched alkanes of at least 4 members (excludes halogenated alkanes) is 12. The van der Waals surface area contributed by atoms with Crippen LogP contribution in [0.1, 0.15) is 202 Å². The molecule has 8 atom stereocenters. The maximum absolute atomic E-state index is 12.8. The van der Waals surface area contributed by atoms with E-state index in [0.29, 0.717) is 17.3 Å². The Bertz CT molecular complexity index is 904. The lowest BCUT2D eigenvalue weighted by Crippen LogP contribution is -2.51. The Labute approximate surface area is 281 Å². The number of carbonyl (C=O) groups excluding carboxylic acids is 1. The first-order chi connectivity index (χ1) is 21.7. The number of hydrogen-bond donors (Lipinski definition) is 0. The van der Waals surface area contributed by atoms with E-state index in [1.807, 2.05) is 0 Å². The van der Waals surface area contributed by atoms with E-state index in [2.05, 4.69) is 47.6 Å². The van der Waals surface area contributed by atoms with Gasteiger partial charge in [0.1, 0.15) is 6.10 Å². The van der Waals surface area contributed by atoms with Gasteiger partial charge in [-0.1, -0.05) is 150 Å². The van der Waals surface area contributed by atoms with Gasteiger partial charge in [-0.25, -0.2) is 0 Å². The van der Waals surface area contributed by atoms with E-state index in [1.54, 1.807) is 5.57 Å². The lowest BCUT2D eigenvalue weighted by atomic mass is 9.47. The first kappa shape index (κ1) is 37.0. The van der Waals surface area contributed by atoms with Crippen LogP contribution in [0, 0.1) is 46.3 Å². The van der Waals surface area contributed by atoms with Gasteiger partial charge in [-0.2, -0.15) is 0 Å². The fourth-order valence-corrected chi connectivity index (χ4v) is 11.3. The second-order valence-electron chi connectivity index (χ2n) is 17.6. The van der Waals surface area contributed by atoms with Crippen molar-refractivity contribution in [2.45, 2.75) is 208 Å². The molecule has 0 saturated heterocycles. The summed E-state index contributed by atoms with van der Waals surface area (Å²) < 4.78 is 6.12. The standard InChI is InChI=1S/C43H76O2/c1-7-8-9-10-11-12-13-14-15-16-17-18-19-23-41(44)45-36-28-30-42(5)35(32-36)24-25-37-39-27-26-38(34(4)22-20-21-33(2)3)43(39,6)31-29-40(37)42/h24,33-34,36-40H,7-23,25-32H2,1-6H3/t34-,36-,37-,38+,39-,40-,42-,43+/m0/s1. The van der Waals surface area contributed by atoms with Gasteiger partial charge in [-0.3, -0.25) is 4.79 Å². The van der Waals surface area contributed by atoms with Gasteiger partial charge in [0, 0.05) is 12.8 Å². The van der Waals surface area contributed by atoms with Crippen molar-refractivity contribution in [2.75, 3.05) is 0 Å². The molecule has 2 heteroatoms. The van der Waals surface area contributed by atoms with Crippen LogP contribution in [0.3, 0.4) is 0 Å². The van der Waals surface area contributed by atoms with E-state index >= 15 is 0 Å². The Morgan fingerprint density at radius 3 is 2.07 bits per heavy atom. The summed E-state index contributed by atoms with van der Waals surface area (Å²) in [6, 6.07) is 0. The van der Waals surface area contributed by atoms with E-state index in [9.17, 15) is 4.79 Å². The number of hydrogen-bond acceptors (Lipinski definition) is 2. The maximum Gasteiger partial charge on any atom is 0.306 e. The van der Waals surface area contributed by atoms with E-state index in [1.165, 1.54) is 135 Å². The molecule has 260 valence electrons. The molecule has 45 heavy (non-hydrogen) atoms. The van der Waals surface area contributed by atoms with Crippen LogP contribution in [0.4, 0.5) is 0 Å². The topological polar surface area (TPSA) is 26.3 Å². The molecule has 0 aromatic rings. The summed E-state index contributed by atoms with van der Waals surface area (Å²) in [7, 11) is 0. The van der Waals surface area contributed by atoms with Gasteiger partial charge in [-0.15, -0.1) is 0 Å². The minimum Gasteiger partial charge on any atom is -0.462 e. The largest absolute Gasteiger partial charge is 0.462 e. The third-order valence-electron chi connectivity index (χ3n) is 14.0. The third-order valence-corrected chi connectivity index (χ3v) is 14.0. The number of allylic oxidation sites excluding steroid dienone is 1. The molecule has 3 fully saturated rings. The molecular weight excluding hydrogens is 548 g/mol. The predicted octanol–water partition coefficient (Wildman–Crippen LogP) is 13.4. The second kappa shape index (κ2) is 18.1. The van der Waals surface area contributed by atoms with E-state index in [-0.39, 0.29) is 12.1 Å². The number of rotatable bonds is 20. The molecule has 0 bridgehead atoms. The second-order valence-corrected chi connectivity index (χ2v) is 17.6. The minimum absolute atomic E-state index is 0.0638. The van der Waals surface area contributed by atoms with Crippen LogP contribution >= 0.6 is 0 Å². The molecule has 0 spiro atoms. The quantitative estimate of drug-likeness (QED) is 0.0765. The van der Waals surface area contributed by atoms with Crippen molar-refractivity contribution in [3.05, 3.63) is 11.6 Å². The Morgan fingerprint density at radius 1 is 0.778 bits per heavy atom. The summed E-state index contributed by atoms with van der Waals surface area (Å²) in [5.74, 6) is 5.34. The Morgan fingerprint density at radius 2 is 1.42 bits per heavy atom. The van der Waals surface area contributed by atoms with Gasteiger partial charge in [0.2, 0.25) is 0 Å². The summed E-state index contributed by atoms with van der Waals surface area (Å²) in [5, 5.41) is 0. The molecule has 4 rings (SSSR count). The molecule has 0 heterocycles. The highest BCUT2D eigenvalue weighted by atomic mass is 16.5. The number of ether oxygens (including phenoxy) is 1. The molecule has 0 unspecified atom stereocenters. The van der Waals surface area contributed by atoms with Crippen LogP contribution in [0.2, 0.25) is 0 Å². The average Bonchev–Trinajstić information content (AvgIpc) is 3.37. The Hall–Kier alpha value is -0.790. The zero-order valence-electron chi connectivity index (χ0n) is 31.1. The molecule has 4 aliphatic carbocycles. The van der Waals surface area contributed by atoms with Gasteiger partial charge >= 0.3 is 5.97 Å². The van der Waals surface area contributed by atoms with E-state index in [4.69, 9.17) is 4.74 Å². The van der Waals surface area contributed by atoms with Gasteiger partial charge in [0.05, 0.1) is 0 Å². The molecule has 0 N–H and O–H groups in total. The van der Waals surface area contributed by atoms with Crippen molar-refractivity contribution < 1.29 is 9.53 Å². The molecule has 3 saturated carbocycles. The van der Waals surface area contributed by atoms with Crippen molar-refractivity contribution >= 4 is 5.97 Å². The lowest BCUT2D eigenvalue weighted by molar-refractivity contribution is -0.151. The highest BCUT2D eigenvalue weighted by molar-refractivity contribution is 5.69. The molecule has 0 radical (unpaired) electrons. The van der Waals surface area contributed by atoms with Crippen LogP contribution < -0.4 is 0 Å². The maximum atomic E-state index is 12.8. The smallest absolute Gasteiger partial charge is 0.306 e. The van der Waals surface area contributed by atoms with Crippen LogP contribution in [0.15, 0.2) is 11.6 Å². The first-order valence-electron chi connectivity index (χ1n) is 20.6. The van der Waals surface area contributed by atoms with Gasteiger partial charge in [0.25, 0.3) is 0 Å². The Balaban J connectivity index is 1.14. The SMILES string of the molecule is CCCCCCCCCCCCCCCC(=O)O[C@H]1CC[C@@]2(C)C(=CC[C@H]3[C@@H]4CC[C@H]([C@@H](C)CCCC(C)C)[C@@]4(C)CC[C@@H]32)C1. The van der Waals surface area contributed by atoms with Crippen LogP contribution in [0.5, 0.6) is 0 Å². The van der Waals surface area contributed by atoms with Crippen molar-refractivity contribution in [1.29, 1.82) is 0 Å². The molecule has 0 aromatic heterocycles. The molecule has 4 aliphatic rings. The average molecular weight is 625 g/mol. The summed E-state index contributed by atoms with van der Waals surface area (Å²) in [4.78, 5) is 12.8. The van der Waals surface area contributed by atoms with Gasteiger partial charge in [0.15, 0.2) is 0 Å². The third kappa shape index (κ3) is 9.87. The summed E-state index contributed by atoms with van der Waals surface area (Å²) >= 11 is 0. The molecule has 2 nitrogen and oxygen atoms in total. The zero-order chi connectivity index (χ0) is 32.3. The number of esters is 1. The van der Waals surface area contributed by atoms with Crippen molar-refractivity contribution in [3.63, 3.8) is 0 Å². The van der Waals surface area contributed by atoms with Crippen LogP contribution in [-0.4, -0.2) is 12.1 Å². The van der Waals surface area contributed by atoms with E-state index < -0.39 is 0 Å². The fraction of sp³-hybridized carbons (Fsp3) is 0.930. The van der Waals surface area contributed by atoms with E-state index in [0.717, 1.165) is 54.8 Å². The summed E-state index contributed by atoms with van der Waals surface area (Å²) in [6.07, 6.45) is 35.4. The number of carbonyl (C=O) groups is 1. The molecule has 0 aliphatic heterocycles. The zero-order valence-corrected chi connectivity index (χ0v) is 31.1. The van der Waals surface area contributed by atoms with Crippen molar-refractivity contribution in [3.8, 4) is 0 Å². The summed E-state index contributed by atoms with van der Waals surface area (Å²) in [5.41, 5.74) is 2.54. The monoisotopic (exact) mass is 625 g/mol. The molecule has 0 amide bonds. The van der Waals surface area contributed by atoms with Gasteiger partial charge < -0.3 is 4.74 Å². The Kier molecular flexibility index (Phi) is 14.9. The van der Waals surface area contributed by atoms with Crippen LogP contribution in [0.25, 0.3) is 0 Å². The number of fused-ring (bicyclic) bond motifs is 5. The highest BCUT2D eigenvalue weighted by Crippen LogP contribution is 2.67. The van der Waals surface area contributed by atoms with Crippen molar-refractivity contribution in [2.24, 2.45) is 46.3 Å². The lowest BCUT2D eigenvalue weighted by Gasteiger charge is -2.58.